The highest BCUT2D eigenvalue weighted by Crippen LogP contribution is 2.35. The number of sulfonamides is 1. The lowest BCUT2D eigenvalue weighted by Gasteiger charge is -2.21. The van der Waals surface area contributed by atoms with E-state index < -0.39 is 27.9 Å². The smallest absolute Gasteiger partial charge is 0.251 e. The molecule has 0 spiro atoms. The molecular formula is C14H13ClN2O4S2. The number of halogens is 1. The second kappa shape index (κ2) is 5.86. The van der Waals surface area contributed by atoms with Gasteiger partial charge in [-0.3, -0.25) is 14.9 Å². The first-order valence-electron chi connectivity index (χ1n) is 6.82. The predicted octanol–water partition coefficient (Wildman–Crippen LogP) is 1.95. The van der Waals surface area contributed by atoms with Crippen LogP contribution in [0, 0.1) is 6.92 Å². The molecule has 1 saturated heterocycles. The summed E-state index contributed by atoms with van der Waals surface area (Å²) in [4.78, 5) is 22.9. The molecule has 2 N–H and O–H groups in total. The third-order valence-electron chi connectivity index (χ3n) is 3.64. The maximum absolute atomic E-state index is 12.6. The van der Waals surface area contributed by atoms with E-state index in [1.807, 2.05) is 0 Å². The molecule has 1 unspecified atom stereocenters. The standard InChI is InChI=1S/C14H13ClN2O4S2/c1-7-9-6-8(15)2-4-11(9)22-14(7)23(20,21)17-10-3-5-12(18)16-13(10)19/h2,4,6,10,17H,3,5H2,1H3,(H,16,18,19). The Labute approximate surface area is 141 Å². The van der Waals surface area contributed by atoms with Crippen LogP contribution in [0.25, 0.3) is 10.1 Å². The van der Waals surface area contributed by atoms with Crippen molar-refractivity contribution < 1.29 is 18.0 Å². The molecule has 6 nitrogen and oxygen atoms in total. The molecule has 1 aliphatic heterocycles. The first kappa shape index (κ1) is 16.4. The fraction of sp³-hybridized carbons (Fsp3) is 0.286. The summed E-state index contributed by atoms with van der Waals surface area (Å²) in [7, 11) is -3.86. The number of piperidine rings is 1. The van der Waals surface area contributed by atoms with Crippen LogP contribution in [0.3, 0.4) is 0 Å². The van der Waals surface area contributed by atoms with Crippen molar-refractivity contribution >= 4 is 54.9 Å². The lowest BCUT2D eigenvalue weighted by Crippen LogP contribution is -2.52. The van der Waals surface area contributed by atoms with Crippen LogP contribution in [0.1, 0.15) is 18.4 Å². The molecule has 1 atom stereocenters. The molecule has 2 heterocycles. The van der Waals surface area contributed by atoms with Crippen LogP contribution in [0.5, 0.6) is 0 Å². The summed E-state index contributed by atoms with van der Waals surface area (Å²) in [6.07, 6.45) is 0.263. The Balaban J connectivity index is 1.95. The van der Waals surface area contributed by atoms with E-state index in [2.05, 4.69) is 10.0 Å². The van der Waals surface area contributed by atoms with Gasteiger partial charge < -0.3 is 0 Å². The molecule has 1 aromatic heterocycles. The average molecular weight is 373 g/mol. The van der Waals surface area contributed by atoms with E-state index in [1.165, 1.54) is 0 Å². The van der Waals surface area contributed by atoms with Gasteiger partial charge in [-0.2, -0.15) is 4.72 Å². The Hall–Kier alpha value is -1.48. The van der Waals surface area contributed by atoms with Gasteiger partial charge in [0.2, 0.25) is 11.8 Å². The number of thiophene rings is 1. The van der Waals surface area contributed by atoms with Gasteiger partial charge in [0.05, 0.1) is 0 Å². The Bertz CT molecular complexity index is 920. The molecule has 1 aliphatic rings. The molecule has 9 heteroatoms. The van der Waals surface area contributed by atoms with Gasteiger partial charge in [-0.05, 0) is 42.5 Å². The number of hydrogen-bond acceptors (Lipinski definition) is 5. The number of fused-ring (bicyclic) bond motifs is 1. The monoisotopic (exact) mass is 372 g/mol. The van der Waals surface area contributed by atoms with Gasteiger partial charge >= 0.3 is 0 Å². The van der Waals surface area contributed by atoms with Gasteiger partial charge in [-0.15, -0.1) is 11.3 Å². The van der Waals surface area contributed by atoms with Crippen molar-refractivity contribution in [2.45, 2.75) is 30.0 Å². The molecule has 2 aromatic rings. The number of carbonyl (C=O) groups excluding carboxylic acids is 2. The topological polar surface area (TPSA) is 92.3 Å². The van der Waals surface area contributed by atoms with Crippen LogP contribution < -0.4 is 10.0 Å². The zero-order chi connectivity index (χ0) is 16.8. The van der Waals surface area contributed by atoms with Crippen molar-refractivity contribution in [3.63, 3.8) is 0 Å². The van der Waals surface area contributed by atoms with Crippen LogP contribution in [0.2, 0.25) is 5.02 Å². The number of hydrogen-bond donors (Lipinski definition) is 2. The fourth-order valence-corrected chi connectivity index (χ4v) is 5.64. The number of nitrogens with one attached hydrogen (secondary N) is 2. The SMILES string of the molecule is Cc1c(S(=O)(=O)NC2CCC(=O)NC2=O)sc2ccc(Cl)cc12. The van der Waals surface area contributed by atoms with Crippen LogP contribution >= 0.6 is 22.9 Å². The molecule has 1 aromatic carbocycles. The van der Waals surface area contributed by atoms with Crippen LogP contribution in [-0.2, 0) is 19.6 Å². The first-order chi connectivity index (χ1) is 10.8. The Morgan fingerprint density at radius 3 is 2.78 bits per heavy atom. The highest BCUT2D eigenvalue weighted by Gasteiger charge is 2.32. The molecule has 0 aliphatic carbocycles. The zero-order valence-corrected chi connectivity index (χ0v) is 14.4. The van der Waals surface area contributed by atoms with Crippen LogP contribution in [0.4, 0.5) is 0 Å². The van der Waals surface area contributed by atoms with Crippen molar-refractivity contribution in [3.8, 4) is 0 Å². The molecule has 0 radical (unpaired) electrons. The molecular weight excluding hydrogens is 360 g/mol. The summed E-state index contributed by atoms with van der Waals surface area (Å²) >= 11 is 7.08. The van der Waals surface area contributed by atoms with Crippen molar-refractivity contribution in [2.75, 3.05) is 0 Å². The molecule has 0 bridgehead atoms. The highest BCUT2D eigenvalue weighted by atomic mass is 35.5. The highest BCUT2D eigenvalue weighted by molar-refractivity contribution is 7.91. The van der Waals surface area contributed by atoms with E-state index in [1.54, 1.807) is 25.1 Å². The number of amides is 2. The maximum atomic E-state index is 12.6. The van der Waals surface area contributed by atoms with E-state index in [0.29, 0.717) is 10.6 Å². The van der Waals surface area contributed by atoms with Gasteiger partial charge in [0.15, 0.2) is 0 Å². The largest absolute Gasteiger partial charge is 0.295 e. The lowest BCUT2D eigenvalue weighted by molar-refractivity contribution is -0.134. The number of rotatable bonds is 3. The molecule has 3 rings (SSSR count). The summed E-state index contributed by atoms with van der Waals surface area (Å²) in [6.45, 7) is 1.70. The summed E-state index contributed by atoms with van der Waals surface area (Å²) in [5, 5.41) is 3.43. The quantitative estimate of drug-likeness (QED) is 0.805. The third-order valence-corrected chi connectivity index (χ3v) is 7.24. The Morgan fingerprint density at radius 2 is 2.09 bits per heavy atom. The van der Waals surface area contributed by atoms with Crippen molar-refractivity contribution in [3.05, 3.63) is 28.8 Å². The molecule has 1 fully saturated rings. The molecule has 0 saturated carbocycles. The van der Waals surface area contributed by atoms with Gasteiger partial charge in [-0.25, -0.2) is 8.42 Å². The van der Waals surface area contributed by atoms with Gasteiger partial charge in [0, 0.05) is 16.1 Å². The number of imide groups is 1. The Morgan fingerprint density at radius 1 is 1.35 bits per heavy atom. The Kier molecular flexibility index (Phi) is 4.18. The molecule has 23 heavy (non-hydrogen) atoms. The predicted molar refractivity (Wildman–Crippen MR) is 88.1 cm³/mol. The molecule has 2 amide bonds. The third kappa shape index (κ3) is 3.12. The normalized spacial score (nSPS) is 19.1. The van der Waals surface area contributed by atoms with Gasteiger partial charge in [-0.1, -0.05) is 11.6 Å². The first-order valence-corrected chi connectivity index (χ1v) is 9.50. The van der Waals surface area contributed by atoms with E-state index in [4.69, 9.17) is 11.6 Å². The van der Waals surface area contributed by atoms with Crippen molar-refractivity contribution in [1.82, 2.24) is 10.0 Å². The second-order valence-corrected chi connectivity index (χ2v) is 8.68. The minimum Gasteiger partial charge on any atom is -0.295 e. The summed E-state index contributed by atoms with van der Waals surface area (Å²) < 4.78 is 28.5. The van der Waals surface area contributed by atoms with Crippen LogP contribution in [0.15, 0.2) is 22.4 Å². The zero-order valence-electron chi connectivity index (χ0n) is 12.1. The van der Waals surface area contributed by atoms with Crippen molar-refractivity contribution in [2.24, 2.45) is 0 Å². The minimum atomic E-state index is -3.86. The fourth-order valence-electron chi connectivity index (χ4n) is 2.47. The summed E-state index contributed by atoms with van der Waals surface area (Å²) in [6, 6.07) is 4.24. The van der Waals surface area contributed by atoms with E-state index >= 15 is 0 Å². The number of carbonyl (C=O) groups is 2. The average Bonchev–Trinajstić information content (AvgIpc) is 2.80. The van der Waals surface area contributed by atoms with Crippen molar-refractivity contribution in [1.29, 1.82) is 0 Å². The van der Waals surface area contributed by atoms with E-state index in [9.17, 15) is 18.0 Å². The maximum Gasteiger partial charge on any atom is 0.251 e. The van der Waals surface area contributed by atoms with E-state index in [-0.39, 0.29) is 17.1 Å². The van der Waals surface area contributed by atoms with Gasteiger partial charge in [0.25, 0.3) is 10.0 Å². The molecule has 122 valence electrons. The summed E-state index contributed by atoms with van der Waals surface area (Å²) in [5.41, 5.74) is 0.590. The summed E-state index contributed by atoms with van der Waals surface area (Å²) in [5.74, 6) is -1.01. The minimum absolute atomic E-state index is 0.111. The van der Waals surface area contributed by atoms with Gasteiger partial charge in [0.1, 0.15) is 10.3 Å². The van der Waals surface area contributed by atoms with E-state index in [0.717, 1.165) is 21.4 Å². The van der Waals surface area contributed by atoms with Crippen LogP contribution in [-0.4, -0.2) is 26.3 Å². The lowest BCUT2D eigenvalue weighted by atomic mass is 10.1. The number of benzene rings is 1. The number of aryl methyl sites for hydroxylation is 1. The second-order valence-electron chi connectivity index (χ2n) is 5.28.